The van der Waals surface area contributed by atoms with E-state index in [1.54, 1.807) is 4.90 Å². The van der Waals surface area contributed by atoms with E-state index in [4.69, 9.17) is 0 Å². The first-order chi connectivity index (χ1) is 8.40. The van der Waals surface area contributed by atoms with E-state index in [1.807, 2.05) is 0 Å². The summed E-state index contributed by atoms with van der Waals surface area (Å²) in [6.07, 6.45) is 0.0402. The molecule has 2 bridgehead atoms. The number of rotatable bonds is 3. The molecular weight excluding hydrogens is 243 g/mol. The van der Waals surface area contributed by atoms with Crippen LogP contribution < -0.4 is 0 Å². The molecule has 0 aromatic carbocycles. The summed E-state index contributed by atoms with van der Waals surface area (Å²) >= 11 is 0. The molecule has 2 rings (SSSR count). The van der Waals surface area contributed by atoms with Crippen molar-refractivity contribution in [3.63, 3.8) is 0 Å². The van der Waals surface area contributed by atoms with Crippen LogP contribution in [0.3, 0.4) is 0 Å². The predicted molar refractivity (Wildman–Crippen MR) is 61.9 cm³/mol. The monoisotopic (exact) mass is 261 g/mol. The number of alkyl halides is 3. The molecule has 0 aliphatic carbocycles. The molecule has 2 atom stereocenters. The smallest absolute Gasteiger partial charge is 0.333 e. The maximum absolute atomic E-state index is 12.1. The molecule has 2 aliphatic heterocycles. The number of halogens is 3. The maximum Gasteiger partial charge on any atom is 0.389 e. The van der Waals surface area contributed by atoms with E-state index < -0.39 is 19.0 Å². The van der Waals surface area contributed by atoms with Crippen molar-refractivity contribution >= 4 is 5.91 Å². The third-order valence-electron chi connectivity index (χ3n) is 3.84. The summed E-state index contributed by atoms with van der Waals surface area (Å²) in [6.45, 7) is 2.08. The summed E-state index contributed by atoms with van der Waals surface area (Å²) in [7, 11) is 0. The first-order valence-corrected chi connectivity index (χ1v) is 6.48. The molecule has 0 aromatic rings. The van der Waals surface area contributed by atoms with Gasteiger partial charge in [-0.2, -0.15) is 13.2 Å². The fraction of sp³-hybridized carbons (Fsp3) is 0.769. The van der Waals surface area contributed by atoms with Crippen LogP contribution in [0.15, 0.2) is 11.6 Å². The van der Waals surface area contributed by atoms with Crippen molar-refractivity contribution in [2.24, 2.45) is 0 Å². The third-order valence-corrected chi connectivity index (χ3v) is 3.84. The van der Waals surface area contributed by atoms with E-state index >= 15 is 0 Å². The Hall–Kier alpha value is -1.00. The highest BCUT2D eigenvalue weighted by molar-refractivity contribution is 5.78. The zero-order valence-corrected chi connectivity index (χ0v) is 10.5. The van der Waals surface area contributed by atoms with Gasteiger partial charge >= 0.3 is 6.18 Å². The summed E-state index contributed by atoms with van der Waals surface area (Å²) in [4.78, 5) is 13.6. The van der Waals surface area contributed by atoms with Gasteiger partial charge < -0.3 is 4.90 Å². The lowest BCUT2D eigenvalue weighted by molar-refractivity contribution is -0.150. The van der Waals surface area contributed by atoms with Gasteiger partial charge in [-0.3, -0.25) is 4.79 Å². The molecule has 0 aromatic heterocycles. The minimum absolute atomic E-state index is 0.0411. The lowest BCUT2D eigenvalue weighted by Gasteiger charge is -2.34. The molecule has 2 heterocycles. The van der Waals surface area contributed by atoms with Crippen LogP contribution in [-0.2, 0) is 4.79 Å². The van der Waals surface area contributed by atoms with Crippen molar-refractivity contribution < 1.29 is 18.0 Å². The van der Waals surface area contributed by atoms with Crippen LogP contribution in [-0.4, -0.2) is 29.1 Å². The number of fused-ring (bicyclic) bond motifs is 2. The second-order valence-electron chi connectivity index (χ2n) is 5.10. The van der Waals surface area contributed by atoms with Crippen LogP contribution in [0.2, 0.25) is 0 Å². The van der Waals surface area contributed by atoms with Crippen molar-refractivity contribution in [2.75, 3.05) is 0 Å². The molecule has 2 nitrogen and oxygen atoms in total. The third kappa shape index (κ3) is 2.87. The van der Waals surface area contributed by atoms with Gasteiger partial charge in [-0.25, -0.2) is 0 Å². The number of hydrogen-bond acceptors (Lipinski definition) is 1. The van der Waals surface area contributed by atoms with Crippen LogP contribution in [0.1, 0.15) is 45.4 Å². The number of amides is 1. The second-order valence-corrected chi connectivity index (χ2v) is 5.10. The van der Waals surface area contributed by atoms with E-state index in [0.717, 1.165) is 25.7 Å². The van der Waals surface area contributed by atoms with Crippen molar-refractivity contribution in [3.8, 4) is 0 Å². The van der Waals surface area contributed by atoms with Gasteiger partial charge in [0.05, 0.1) is 12.5 Å². The molecule has 1 saturated heterocycles. The molecule has 102 valence electrons. The molecule has 0 radical (unpaired) electrons. The van der Waals surface area contributed by atoms with Crippen LogP contribution >= 0.6 is 0 Å². The molecule has 1 fully saturated rings. The molecule has 18 heavy (non-hydrogen) atoms. The Balaban J connectivity index is 1.98. The Morgan fingerprint density at radius 2 is 2.17 bits per heavy atom. The Labute approximate surface area is 105 Å². The van der Waals surface area contributed by atoms with E-state index in [0.29, 0.717) is 0 Å². The van der Waals surface area contributed by atoms with Crippen LogP contribution in [0.25, 0.3) is 0 Å². The summed E-state index contributed by atoms with van der Waals surface area (Å²) in [5.41, 5.74) is 1.34. The summed E-state index contributed by atoms with van der Waals surface area (Å²) < 4.78 is 36.4. The minimum atomic E-state index is -4.24. The average Bonchev–Trinajstić information content (AvgIpc) is 2.56. The quantitative estimate of drug-likeness (QED) is 0.713. The van der Waals surface area contributed by atoms with Gasteiger partial charge in [-0.1, -0.05) is 18.6 Å². The molecule has 1 amide bonds. The Bertz CT molecular complexity index is 362. The van der Waals surface area contributed by atoms with Gasteiger partial charge in [0.25, 0.3) is 0 Å². The molecule has 5 heteroatoms. The molecule has 0 N–H and O–H groups in total. The van der Waals surface area contributed by atoms with Crippen molar-refractivity contribution in [1.29, 1.82) is 0 Å². The van der Waals surface area contributed by atoms with Gasteiger partial charge in [-0.15, -0.1) is 0 Å². The number of carbonyl (C=O) groups excluding carboxylic acids is 1. The fourth-order valence-electron chi connectivity index (χ4n) is 2.95. The lowest BCUT2D eigenvalue weighted by Crippen LogP contribution is -2.43. The molecule has 2 unspecified atom stereocenters. The van der Waals surface area contributed by atoms with Crippen LogP contribution in [0, 0.1) is 0 Å². The zero-order chi connectivity index (χ0) is 13.3. The number of nitrogens with zero attached hydrogens (tertiary/aromatic N) is 1. The van der Waals surface area contributed by atoms with E-state index in [2.05, 4.69) is 13.0 Å². The highest BCUT2D eigenvalue weighted by Crippen LogP contribution is 2.36. The van der Waals surface area contributed by atoms with Gasteiger partial charge in [-0.05, 0) is 25.7 Å². The van der Waals surface area contributed by atoms with Gasteiger partial charge in [0.15, 0.2) is 0 Å². The van der Waals surface area contributed by atoms with Crippen LogP contribution in [0.5, 0.6) is 0 Å². The maximum atomic E-state index is 12.1. The van der Waals surface area contributed by atoms with Gasteiger partial charge in [0.2, 0.25) is 5.91 Å². The Kier molecular flexibility index (Phi) is 3.69. The largest absolute Gasteiger partial charge is 0.389 e. The normalized spacial score (nSPS) is 27.3. The van der Waals surface area contributed by atoms with E-state index in [1.165, 1.54) is 5.57 Å². The van der Waals surface area contributed by atoms with E-state index in [9.17, 15) is 18.0 Å². The average molecular weight is 261 g/mol. The summed E-state index contributed by atoms with van der Waals surface area (Å²) in [5, 5.41) is 0. The van der Waals surface area contributed by atoms with Crippen molar-refractivity contribution in [2.45, 2.75) is 63.7 Å². The van der Waals surface area contributed by atoms with E-state index in [-0.39, 0.29) is 18.0 Å². The highest BCUT2D eigenvalue weighted by Gasteiger charge is 2.39. The van der Waals surface area contributed by atoms with Gasteiger partial charge in [0, 0.05) is 12.5 Å². The van der Waals surface area contributed by atoms with Crippen molar-refractivity contribution in [1.82, 2.24) is 4.90 Å². The first-order valence-electron chi connectivity index (χ1n) is 6.48. The van der Waals surface area contributed by atoms with Crippen molar-refractivity contribution in [3.05, 3.63) is 11.6 Å². The Morgan fingerprint density at radius 1 is 1.44 bits per heavy atom. The van der Waals surface area contributed by atoms with Gasteiger partial charge in [0.1, 0.15) is 0 Å². The topological polar surface area (TPSA) is 20.3 Å². The minimum Gasteiger partial charge on any atom is -0.333 e. The SMILES string of the molecule is CCC1=CC2CCC(C1)N2C(=O)CCC(F)(F)F. The number of carbonyl (C=O) groups is 1. The Morgan fingerprint density at radius 3 is 2.72 bits per heavy atom. The summed E-state index contributed by atoms with van der Waals surface area (Å²) in [5.74, 6) is -0.341. The summed E-state index contributed by atoms with van der Waals surface area (Å²) in [6, 6.07) is 0.176. The highest BCUT2D eigenvalue weighted by atomic mass is 19.4. The predicted octanol–water partition coefficient (Wildman–Crippen LogP) is 3.43. The molecule has 2 aliphatic rings. The first kappa shape index (κ1) is 13.4. The second kappa shape index (κ2) is 4.94. The molecular formula is C13H18F3NO. The fourth-order valence-corrected chi connectivity index (χ4v) is 2.95. The zero-order valence-electron chi connectivity index (χ0n) is 10.5. The number of hydrogen-bond donors (Lipinski definition) is 0. The standard InChI is InChI=1S/C13H18F3NO/c1-2-9-7-10-3-4-11(8-9)17(10)12(18)5-6-13(14,15)16/h7,10-11H,2-6,8H2,1H3. The van der Waals surface area contributed by atoms with Crippen LogP contribution in [0.4, 0.5) is 13.2 Å². The molecule has 0 saturated carbocycles. The molecule has 0 spiro atoms. The lowest BCUT2D eigenvalue weighted by atomic mass is 9.99.